The summed E-state index contributed by atoms with van der Waals surface area (Å²) < 4.78 is 7.66. The summed E-state index contributed by atoms with van der Waals surface area (Å²) in [6, 6.07) is 3.19. The van der Waals surface area contributed by atoms with Crippen LogP contribution in [-0.2, 0) is 13.0 Å². The molecule has 0 radical (unpaired) electrons. The molecule has 0 unspecified atom stereocenters. The number of guanidine groups is 1. The van der Waals surface area contributed by atoms with Crippen molar-refractivity contribution in [1.29, 1.82) is 0 Å². The molecule has 28 heavy (non-hydrogen) atoms. The summed E-state index contributed by atoms with van der Waals surface area (Å²) in [5.74, 6) is 2.08. The molecule has 0 spiro atoms. The first kappa shape index (κ1) is 25.1. The topological polar surface area (TPSA) is 76.4 Å². The Morgan fingerprint density at radius 2 is 1.89 bits per heavy atom. The molecule has 0 aliphatic carbocycles. The summed E-state index contributed by atoms with van der Waals surface area (Å²) in [6.45, 7) is 7.05. The van der Waals surface area contributed by atoms with Gasteiger partial charge in [0.15, 0.2) is 11.7 Å². The molecule has 0 amide bonds. The number of halogens is 4. The normalized spacial score (nSPS) is 11.1. The van der Waals surface area contributed by atoms with Gasteiger partial charge in [-0.25, -0.2) is 0 Å². The lowest BCUT2D eigenvalue weighted by Crippen LogP contribution is -2.39. The van der Waals surface area contributed by atoms with E-state index in [1.54, 1.807) is 18.5 Å². The van der Waals surface area contributed by atoms with Gasteiger partial charge in [0.2, 0.25) is 0 Å². The molecule has 1 aromatic heterocycles. The van der Waals surface area contributed by atoms with Crippen LogP contribution in [0.1, 0.15) is 19.7 Å². The number of nitrogens with one attached hydrogen (secondary N) is 2. The largest absolute Gasteiger partial charge is 0.489 e. The van der Waals surface area contributed by atoms with E-state index in [1.807, 2.05) is 11.5 Å². The van der Waals surface area contributed by atoms with Crippen molar-refractivity contribution < 1.29 is 4.74 Å². The fourth-order valence-electron chi connectivity index (χ4n) is 2.34. The number of aliphatic imine (C=N–C) groups is 1. The van der Waals surface area contributed by atoms with Crippen molar-refractivity contribution in [3.05, 3.63) is 39.4 Å². The fourth-order valence-corrected chi connectivity index (χ4v) is 3.27. The molecule has 0 atom stereocenters. The third-order valence-electron chi connectivity index (χ3n) is 3.57. The Kier molecular flexibility index (Phi) is 11.9. The lowest BCUT2D eigenvalue weighted by molar-refractivity contribution is 0.322. The molecule has 2 N–H and O–H groups in total. The van der Waals surface area contributed by atoms with Crippen LogP contribution in [0.5, 0.6) is 5.75 Å². The van der Waals surface area contributed by atoms with Crippen LogP contribution in [0.4, 0.5) is 0 Å². The third kappa shape index (κ3) is 7.81. The highest BCUT2D eigenvalue weighted by molar-refractivity contribution is 14.0. The number of rotatable bonds is 9. The molecule has 1 aromatic carbocycles. The smallest absolute Gasteiger partial charge is 0.191 e. The van der Waals surface area contributed by atoms with Crippen LogP contribution in [0.15, 0.2) is 23.5 Å². The van der Waals surface area contributed by atoms with Crippen LogP contribution < -0.4 is 15.4 Å². The summed E-state index contributed by atoms with van der Waals surface area (Å²) in [5, 5.41) is 15.6. The van der Waals surface area contributed by atoms with Crippen LogP contribution in [0.3, 0.4) is 0 Å². The zero-order chi connectivity index (χ0) is 19.6. The second-order valence-corrected chi connectivity index (χ2v) is 6.78. The first-order valence-electron chi connectivity index (χ1n) is 8.71. The lowest BCUT2D eigenvalue weighted by Gasteiger charge is -2.13. The highest BCUT2D eigenvalue weighted by Gasteiger charge is 2.09. The standard InChI is InChI=1S/C17H23Cl3N6O.HI/c1-3-15-25-24-11-26(15)7-5-22-17(21-4-2)23-6-8-27-16-13(19)9-12(18)10-14(16)20;/h9-11H,3-8H2,1-2H3,(H2,21,22,23);1H. The van der Waals surface area contributed by atoms with Crippen molar-refractivity contribution in [2.24, 2.45) is 4.99 Å². The molecule has 7 nitrogen and oxygen atoms in total. The van der Waals surface area contributed by atoms with Crippen LogP contribution in [-0.4, -0.2) is 47.0 Å². The molecule has 0 aliphatic rings. The van der Waals surface area contributed by atoms with Gasteiger partial charge in [0.1, 0.15) is 18.8 Å². The molecular weight excluding hydrogens is 537 g/mol. The molecule has 2 aromatic rings. The summed E-state index contributed by atoms with van der Waals surface area (Å²) in [5.41, 5.74) is 0. The molecule has 0 aliphatic heterocycles. The van der Waals surface area contributed by atoms with E-state index in [0.29, 0.717) is 46.5 Å². The second kappa shape index (κ2) is 13.3. The molecule has 0 saturated carbocycles. The molecule has 11 heteroatoms. The number of ether oxygens (including phenoxy) is 1. The molecular formula is C17H24Cl3IN6O. The van der Waals surface area contributed by atoms with Crippen molar-refractivity contribution in [3.63, 3.8) is 0 Å². The van der Waals surface area contributed by atoms with Gasteiger partial charge in [-0.15, -0.1) is 34.2 Å². The number of benzene rings is 1. The van der Waals surface area contributed by atoms with Crippen LogP contribution >= 0.6 is 58.8 Å². The van der Waals surface area contributed by atoms with Gasteiger partial charge in [-0.3, -0.25) is 4.99 Å². The summed E-state index contributed by atoms with van der Waals surface area (Å²) >= 11 is 18.1. The zero-order valence-corrected chi connectivity index (χ0v) is 20.3. The minimum absolute atomic E-state index is 0. The van der Waals surface area contributed by atoms with Crippen LogP contribution in [0, 0.1) is 0 Å². The number of aromatic nitrogens is 3. The van der Waals surface area contributed by atoms with E-state index in [1.165, 1.54) is 0 Å². The predicted octanol–water partition coefficient (Wildman–Crippen LogP) is 4.05. The Labute approximate surface area is 197 Å². The number of nitrogens with zero attached hydrogens (tertiary/aromatic N) is 4. The van der Waals surface area contributed by atoms with Gasteiger partial charge in [-0.1, -0.05) is 41.7 Å². The molecule has 156 valence electrons. The Balaban J connectivity index is 0.00000392. The highest BCUT2D eigenvalue weighted by Crippen LogP contribution is 2.35. The summed E-state index contributed by atoms with van der Waals surface area (Å²) in [6.07, 6.45) is 2.57. The monoisotopic (exact) mass is 560 g/mol. The maximum absolute atomic E-state index is 6.11. The predicted molar refractivity (Wildman–Crippen MR) is 126 cm³/mol. The van der Waals surface area contributed by atoms with Gasteiger partial charge >= 0.3 is 0 Å². The fraction of sp³-hybridized carbons (Fsp3) is 0.471. The van der Waals surface area contributed by atoms with Gasteiger partial charge in [0.05, 0.1) is 23.1 Å². The average Bonchev–Trinajstić information content (AvgIpc) is 3.07. The van der Waals surface area contributed by atoms with E-state index >= 15 is 0 Å². The molecule has 0 fully saturated rings. The number of hydrogen-bond donors (Lipinski definition) is 2. The van der Waals surface area contributed by atoms with E-state index < -0.39 is 0 Å². The van der Waals surface area contributed by atoms with E-state index in [4.69, 9.17) is 39.5 Å². The molecule has 0 bridgehead atoms. The van der Waals surface area contributed by atoms with Gasteiger partial charge in [0, 0.05) is 24.5 Å². The lowest BCUT2D eigenvalue weighted by atomic mass is 10.3. The van der Waals surface area contributed by atoms with Crippen molar-refractivity contribution >= 4 is 64.7 Å². The second-order valence-electron chi connectivity index (χ2n) is 5.53. The van der Waals surface area contributed by atoms with E-state index in [-0.39, 0.29) is 24.0 Å². The van der Waals surface area contributed by atoms with Gasteiger partial charge in [-0.05, 0) is 19.1 Å². The summed E-state index contributed by atoms with van der Waals surface area (Å²) in [7, 11) is 0. The maximum atomic E-state index is 6.11. The average molecular weight is 562 g/mol. The van der Waals surface area contributed by atoms with Gasteiger partial charge in [-0.2, -0.15) is 0 Å². The van der Waals surface area contributed by atoms with E-state index in [9.17, 15) is 0 Å². The Morgan fingerprint density at radius 1 is 1.18 bits per heavy atom. The molecule has 0 saturated heterocycles. The van der Waals surface area contributed by atoms with E-state index in [2.05, 4.69) is 32.7 Å². The maximum Gasteiger partial charge on any atom is 0.191 e. The summed E-state index contributed by atoms with van der Waals surface area (Å²) in [4.78, 5) is 4.55. The number of aryl methyl sites for hydroxylation is 1. The Bertz CT molecular complexity index is 748. The first-order chi connectivity index (χ1) is 13.0. The quantitative estimate of drug-likeness (QED) is 0.209. The van der Waals surface area contributed by atoms with Crippen molar-refractivity contribution in [1.82, 2.24) is 25.4 Å². The minimum Gasteiger partial charge on any atom is -0.489 e. The zero-order valence-electron chi connectivity index (χ0n) is 15.7. The Morgan fingerprint density at radius 3 is 2.54 bits per heavy atom. The third-order valence-corrected chi connectivity index (χ3v) is 4.35. The minimum atomic E-state index is 0. The highest BCUT2D eigenvalue weighted by atomic mass is 127. The van der Waals surface area contributed by atoms with Crippen molar-refractivity contribution in [3.8, 4) is 5.75 Å². The van der Waals surface area contributed by atoms with E-state index in [0.717, 1.165) is 25.3 Å². The molecule has 1 heterocycles. The number of hydrogen-bond acceptors (Lipinski definition) is 4. The first-order valence-corrected chi connectivity index (χ1v) is 9.84. The molecule has 2 rings (SSSR count). The Hall–Kier alpha value is -0.970. The van der Waals surface area contributed by atoms with Crippen molar-refractivity contribution in [2.45, 2.75) is 26.8 Å². The van der Waals surface area contributed by atoms with Crippen LogP contribution in [0.25, 0.3) is 0 Å². The van der Waals surface area contributed by atoms with Gasteiger partial charge < -0.3 is 19.9 Å². The van der Waals surface area contributed by atoms with Gasteiger partial charge in [0.25, 0.3) is 0 Å². The SMILES string of the molecule is CCNC(=NCCn1cnnc1CC)NCCOc1c(Cl)cc(Cl)cc1Cl.I. The van der Waals surface area contributed by atoms with Crippen molar-refractivity contribution in [2.75, 3.05) is 26.2 Å². The van der Waals surface area contributed by atoms with Crippen LogP contribution in [0.2, 0.25) is 15.1 Å².